The number of aromatic nitrogens is 2. The maximum Gasteiger partial charge on any atom is 0.203 e. The molecular formula is C14H21N3O. The van der Waals surface area contributed by atoms with E-state index in [1.807, 2.05) is 25.2 Å². The van der Waals surface area contributed by atoms with Crippen LogP contribution in [0.4, 0.5) is 5.95 Å². The number of para-hydroxylation sites is 2. The number of nitrogens with zero attached hydrogens (tertiary/aromatic N) is 2. The molecule has 4 nitrogen and oxygen atoms in total. The second kappa shape index (κ2) is 6.40. The van der Waals surface area contributed by atoms with Crippen LogP contribution in [0.3, 0.4) is 0 Å². The van der Waals surface area contributed by atoms with E-state index in [1.165, 1.54) is 0 Å². The molecule has 1 aromatic heterocycles. The van der Waals surface area contributed by atoms with Crippen LogP contribution in [0.25, 0.3) is 11.0 Å². The van der Waals surface area contributed by atoms with E-state index in [2.05, 4.69) is 20.9 Å². The third kappa shape index (κ3) is 3.01. The molecule has 0 unspecified atom stereocenters. The van der Waals surface area contributed by atoms with Crippen molar-refractivity contribution >= 4 is 17.0 Å². The van der Waals surface area contributed by atoms with Crippen LogP contribution in [-0.2, 0) is 7.05 Å². The highest BCUT2D eigenvalue weighted by atomic mass is 16.2. The van der Waals surface area contributed by atoms with Crippen LogP contribution in [0.5, 0.6) is 0 Å². The number of aryl methyl sites for hydroxylation is 1. The molecule has 2 aromatic rings. The highest BCUT2D eigenvalue weighted by Crippen LogP contribution is 2.17. The van der Waals surface area contributed by atoms with Crippen LogP contribution in [0.2, 0.25) is 0 Å². The van der Waals surface area contributed by atoms with Gasteiger partial charge in [0.15, 0.2) is 0 Å². The van der Waals surface area contributed by atoms with Crippen molar-refractivity contribution < 1.29 is 5.11 Å². The van der Waals surface area contributed by atoms with Crippen LogP contribution in [0, 0.1) is 0 Å². The average molecular weight is 247 g/mol. The lowest BCUT2D eigenvalue weighted by molar-refractivity contribution is 0.283. The van der Waals surface area contributed by atoms with Crippen LogP contribution in [-0.4, -0.2) is 27.8 Å². The molecule has 1 heterocycles. The standard InChI is InChI=1S/C14H21N3O/c1-17-13-9-5-4-8-12(13)16-14(17)15-10-6-2-3-7-11-18/h4-5,8-9,18H,2-3,6-7,10-11H2,1H3,(H,15,16). The molecule has 0 aliphatic carbocycles. The van der Waals surface area contributed by atoms with Crippen molar-refractivity contribution in [2.24, 2.45) is 7.05 Å². The quantitative estimate of drug-likeness (QED) is 0.739. The van der Waals surface area contributed by atoms with E-state index in [1.54, 1.807) is 0 Å². The molecule has 2 N–H and O–H groups in total. The van der Waals surface area contributed by atoms with Crippen molar-refractivity contribution in [3.8, 4) is 0 Å². The Bertz CT molecular complexity index is 493. The predicted molar refractivity (Wildman–Crippen MR) is 74.8 cm³/mol. The number of hydrogen-bond donors (Lipinski definition) is 2. The summed E-state index contributed by atoms with van der Waals surface area (Å²) in [4.78, 5) is 4.56. The van der Waals surface area contributed by atoms with E-state index in [-0.39, 0.29) is 0 Å². The normalized spacial score (nSPS) is 11.0. The predicted octanol–water partition coefficient (Wildman–Crippen LogP) is 2.54. The zero-order chi connectivity index (χ0) is 12.8. The minimum atomic E-state index is 0.304. The number of aliphatic hydroxyl groups is 1. The molecule has 0 fully saturated rings. The summed E-state index contributed by atoms with van der Waals surface area (Å²) in [6.07, 6.45) is 4.27. The molecule has 0 amide bonds. The number of fused-ring (bicyclic) bond motifs is 1. The van der Waals surface area contributed by atoms with E-state index in [0.717, 1.165) is 49.2 Å². The number of hydrogen-bond acceptors (Lipinski definition) is 3. The van der Waals surface area contributed by atoms with Gasteiger partial charge in [0.25, 0.3) is 0 Å². The van der Waals surface area contributed by atoms with Crippen molar-refractivity contribution in [3.63, 3.8) is 0 Å². The Labute approximate surface area is 108 Å². The minimum absolute atomic E-state index is 0.304. The second-order valence-corrected chi connectivity index (χ2v) is 4.55. The van der Waals surface area contributed by atoms with E-state index in [9.17, 15) is 0 Å². The van der Waals surface area contributed by atoms with Gasteiger partial charge < -0.3 is 15.0 Å². The molecule has 0 saturated carbocycles. The number of aliphatic hydroxyl groups excluding tert-OH is 1. The monoisotopic (exact) mass is 247 g/mol. The van der Waals surface area contributed by atoms with Gasteiger partial charge in [-0.3, -0.25) is 0 Å². The Kier molecular flexibility index (Phi) is 4.59. The van der Waals surface area contributed by atoms with Crippen molar-refractivity contribution in [2.75, 3.05) is 18.5 Å². The number of nitrogens with one attached hydrogen (secondary N) is 1. The van der Waals surface area contributed by atoms with Gasteiger partial charge in [0.1, 0.15) is 0 Å². The lowest BCUT2D eigenvalue weighted by Gasteiger charge is -2.05. The third-order valence-corrected chi connectivity index (χ3v) is 3.16. The fraction of sp³-hybridized carbons (Fsp3) is 0.500. The Balaban J connectivity index is 1.86. The zero-order valence-electron chi connectivity index (χ0n) is 10.9. The molecule has 0 radical (unpaired) electrons. The van der Waals surface area contributed by atoms with Crippen molar-refractivity contribution in [3.05, 3.63) is 24.3 Å². The highest BCUT2D eigenvalue weighted by Gasteiger charge is 2.05. The molecular weight excluding hydrogens is 226 g/mol. The van der Waals surface area contributed by atoms with Crippen molar-refractivity contribution in [2.45, 2.75) is 25.7 Å². The van der Waals surface area contributed by atoms with Crippen molar-refractivity contribution in [1.29, 1.82) is 0 Å². The summed E-state index contributed by atoms with van der Waals surface area (Å²) < 4.78 is 2.09. The first-order chi connectivity index (χ1) is 8.83. The van der Waals surface area contributed by atoms with Crippen LogP contribution in [0.1, 0.15) is 25.7 Å². The molecule has 1 aromatic carbocycles. The first kappa shape index (κ1) is 12.9. The minimum Gasteiger partial charge on any atom is -0.396 e. The van der Waals surface area contributed by atoms with E-state index in [4.69, 9.17) is 5.11 Å². The molecule has 0 bridgehead atoms. The molecule has 2 rings (SSSR count). The van der Waals surface area contributed by atoms with Gasteiger partial charge in [-0.25, -0.2) is 4.98 Å². The average Bonchev–Trinajstić information content (AvgIpc) is 2.71. The van der Waals surface area contributed by atoms with Gasteiger partial charge in [0, 0.05) is 20.2 Å². The van der Waals surface area contributed by atoms with Crippen LogP contribution >= 0.6 is 0 Å². The first-order valence-corrected chi connectivity index (χ1v) is 6.59. The smallest absolute Gasteiger partial charge is 0.203 e. The Hall–Kier alpha value is -1.55. The summed E-state index contributed by atoms with van der Waals surface area (Å²) in [5, 5.41) is 12.1. The summed E-state index contributed by atoms with van der Waals surface area (Å²) in [6.45, 7) is 1.24. The summed E-state index contributed by atoms with van der Waals surface area (Å²) in [6, 6.07) is 8.15. The summed E-state index contributed by atoms with van der Waals surface area (Å²) in [5.74, 6) is 0.929. The third-order valence-electron chi connectivity index (χ3n) is 3.16. The number of imidazole rings is 1. The molecule has 98 valence electrons. The topological polar surface area (TPSA) is 50.1 Å². The Morgan fingerprint density at radius 3 is 2.72 bits per heavy atom. The zero-order valence-corrected chi connectivity index (χ0v) is 10.9. The maximum atomic E-state index is 8.69. The lowest BCUT2D eigenvalue weighted by atomic mass is 10.2. The maximum absolute atomic E-state index is 8.69. The van der Waals surface area contributed by atoms with Gasteiger partial charge in [0.05, 0.1) is 11.0 Å². The fourth-order valence-electron chi connectivity index (χ4n) is 2.09. The lowest BCUT2D eigenvalue weighted by Crippen LogP contribution is -2.06. The first-order valence-electron chi connectivity index (χ1n) is 6.59. The van der Waals surface area contributed by atoms with Gasteiger partial charge in [-0.05, 0) is 25.0 Å². The van der Waals surface area contributed by atoms with E-state index in [0.29, 0.717) is 6.61 Å². The second-order valence-electron chi connectivity index (χ2n) is 4.55. The molecule has 4 heteroatoms. The molecule has 0 aliphatic heterocycles. The molecule has 0 spiro atoms. The summed E-state index contributed by atoms with van der Waals surface area (Å²) in [5.41, 5.74) is 2.18. The van der Waals surface area contributed by atoms with Gasteiger partial charge >= 0.3 is 0 Å². The number of rotatable bonds is 7. The highest BCUT2D eigenvalue weighted by molar-refractivity contribution is 5.78. The summed E-state index contributed by atoms with van der Waals surface area (Å²) in [7, 11) is 2.03. The largest absolute Gasteiger partial charge is 0.396 e. The number of anilines is 1. The van der Waals surface area contributed by atoms with Gasteiger partial charge in [-0.15, -0.1) is 0 Å². The van der Waals surface area contributed by atoms with Gasteiger partial charge in [-0.2, -0.15) is 0 Å². The Morgan fingerprint density at radius 2 is 1.94 bits per heavy atom. The number of benzene rings is 1. The SMILES string of the molecule is Cn1c(NCCCCCCO)nc2ccccc21. The number of unbranched alkanes of at least 4 members (excludes halogenated alkanes) is 3. The van der Waals surface area contributed by atoms with E-state index >= 15 is 0 Å². The van der Waals surface area contributed by atoms with Crippen molar-refractivity contribution in [1.82, 2.24) is 9.55 Å². The van der Waals surface area contributed by atoms with Crippen LogP contribution < -0.4 is 5.32 Å². The van der Waals surface area contributed by atoms with Gasteiger partial charge in [-0.1, -0.05) is 25.0 Å². The van der Waals surface area contributed by atoms with Crippen LogP contribution in [0.15, 0.2) is 24.3 Å². The Morgan fingerprint density at radius 1 is 1.17 bits per heavy atom. The van der Waals surface area contributed by atoms with E-state index < -0.39 is 0 Å². The molecule has 0 saturated heterocycles. The fourth-order valence-corrected chi connectivity index (χ4v) is 2.09. The molecule has 18 heavy (non-hydrogen) atoms. The molecule has 0 aliphatic rings. The van der Waals surface area contributed by atoms with Gasteiger partial charge in [0.2, 0.25) is 5.95 Å². The summed E-state index contributed by atoms with van der Waals surface area (Å²) >= 11 is 0. The molecule has 0 atom stereocenters.